The van der Waals surface area contributed by atoms with Gasteiger partial charge in [-0.05, 0) is 95.3 Å². The molecule has 0 unspecified atom stereocenters. The minimum absolute atomic E-state index is 0. The largest absolute Gasteiger partial charge is 1.00 e. The van der Waals surface area contributed by atoms with E-state index >= 15 is 0 Å². The Kier molecular flexibility index (Phi) is 24.7. The number of halogens is 2. The molecule has 0 atom stereocenters. The van der Waals surface area contributed by atoms with E-state index in [4.69, 9.17) is 23.2 Å². The van der Waals surface area contributed by atoms with Crippen LogP contribution in [0.5, 0.6) is 5.75 Å². The topological polar surface area (TPSA) is 469 Å². The van der Waals surface area contributed by atoms with Crippen LogP contribution in [0.25, 0.3) is 10.8 Å². The molecule has 7 rings (SSSR count). The standard InChI is InChI=1S/C34H24Cl2N12O16S5.5Na/c35-29-41-31(37-16-4-3-5-18(12-16)65(50,51)52)45-32(42-29)38-17-8-9-20(24(13-17)68(59,60)61)39-33-43-30(36)44-34(46-33)40-22-14-19(66(53,54)55)10-15-11-25(69(62,63)64)27(28(49)26(15)22)48-47-21-6-1-2-7-23(21)67(56,57)58;;;;;/h1-14,49H,(H,50,51,52)(H,53,54,55)(H,56,57,58)(H,59,60,61)(H,62,63,64)(H2,37,38,41,42,45)(H2,39,40,43,44,46);;;;;/q;5*+1/p-5. The van der Waals surface area contributed by atoms with Gasteiger partial charge in [-0.25, -0.2) is 53.6 Å². The zero-order valence-electron chi connectivity index (χ0n) is 38.0. The summed E-state index contributed by atoms with van der Waals surface area (Å²) in [6.07, 6.45) is 0. The number of nitrogens with one attached hydrogen (secondary N) is 4. The van der Waals surface area contributed by atoms with Crippen LogP contribution < -0.4 is 175 Å². The first-order chi connectivity index (χ1) is 32.0. The number of azo groups is 1. The minimum Gasteiger partial charge on any atom is -0.870 e. The van der Waals surface area contributed by atoms with Gasteiger partial charge in [-0.2, -0.15) is 18.4 Å². The Morgan fingerprint density at radius 3 is 1.61 bits per heavy atom. The van der Waals surface area contributed by atoms with Crippen molar-refractivity contribution in [1.29, 1.82) is 0 Å². The summed E-state index contributed by atoms with van der Waals surface area (Å²) in [5.41, 5.74) is -5.30. The Hall–Kier alpha value is -1.89. The molecular weight excluding hydrogens is 1180 g/mol. The van der Waals surface area contributed by atoms with Crippen molar-refractivity contribution in [2.45, 2.75) is 24.5 Å². The maximum Gasteiger partial charge on any atom is 1.00 e. The van der Waals surface area contributed by atoms with Crippen LogP contribution >= 0.6 is 23.2 Å². The second-order valence-corrected chi connectivity index (χ2v) is 20.9. The molecule has 360 valence electrons. The number of aromatic amines is 4. The van der Waals surface area contributed by atoms with E-state index in [0.717, 1.165) is 48.5 Å². The van der Waals surface area contributed by atoms with Gasteiger partial charge in [0.2, 0.25) is 33.0 Å². The molecule has 0 aliphatic rings. The Morgan fingerprint density at radius 2 is 1.04 bits per heavy atom. The maximum atomic E-state index is 14.1. The van der Waals surface area contributed by atoms with E-state index < -0.39 is 131 Å². The van der Waals surface area contributed by atoms with Crippen LogP contribution in [0.2, 0.25) is 10.6 Å². The molecule has 0 aliphatic heterocycles. The normalized spacial score (nSPS) is 13.1. The summed E-state index contributed by atoms with van der Waals surface area (Å²) in [5.74, 6) is -1.47. The number of hydrogen-bond acceptors (Lipinski definition) is 23. The molecule has 0 amide bonds. The minimum atomic E-state index is -5.46. The summed E-state index contributed by atoms with van der Waals surface area (Å²) in [5, 5.41) is 18.8. The molecule has 0 radical (unpaired) electrons. The van der Waals surface area contributed by atoms with Gasteiger partial charge in [-0.3, -0.25) is 14.5 Å². The monoisotopic (exact) mass is 1200 g/mol. The Balaban J connectivity index is 0.00000375. The fraction of sp³-hybridized carbons (Fsp3) is 0. The van der Waals surface area contributed by atoms with Crippen molar-refractivity contribution in [2.24, 2.45) is 30.2 Å². The Bertz CT molecular complexity index is 4260. The Morgan fingerprint density at radius 1 is 0.486 bits per heavy atom. The summed E-state index contributed by atoms with van der Waals surface area (Å²) < 4.78 is 179. The van der Waals surface area contributed by atoms with E-state index in [0.29, 0.717) is 18.2 Å². The van der Waals surface area contributed by atoms with Gasteiger partial charge < -0.3 is 33.3 Å². The molecular formula is C34H19Cl2N12Na5O16S5. The molecule has 7 aromatic rings. The fourth-order valence-electron chi connectivity index (χ4n) is 5.85. The van der Waals surface area contributed by atoms with E-state index in [2.05, 4.69) is 60.1 Å². The van der Waals surface area contributed by atoms with E-state index in [1.807, 2.05) is 0 Å². The Labute approximate surface area is 536 Å². The van der Waals surface area contributed by atoms with Gasteiger partial charge >= 0.3 is 148 Å². The molecule has 28 nitrogen and oxygen atoms in total. The first-order valence-corrected chi connectivity index (χ1v) is 25.6. The summed E-state index contributed by atoms with van der Waals surface area (Å²) in [7, 11) is -26.4. The molecule has 0 saturated carbocycles. The number of aromatic nitrogens is 6. The molecule has 0 saturated heterocycles. The molecule has 2 aromatic heterocycles. The van der Waals surface area contributed by atoms with Crippen molar-refractivity contribution >= 4 is 119 Å². The number of hydrogen-bond donors (Lipinski definition) is 5. The smallest absolute Gasteiger partial charge is 0.870 e. The van der Waals surface area contributed by atoms with Gasteiger partial charge in [0.25, 0.3) is 10.1 Å². The molecule has 5 aromatic carbocycles. The summed E-state index contributed by atoms with van der Waals surface area (Å²) in [4.78, 5) is 29.0. The van der Waals surface area contributed by atoms with Gasteiger partial charge in [-0.1, -0.05) is 23.9 Å². The molecule has 5 N–H and O–H groups in total. The van der Waals surface area contributed by atoms with E-state index in [-0.39, 0.29) is 176 Å². The molecule has 0 fully saturated rings. The zero-order chi connectivity index (χ0) is 50.4. The van der Waals surface area contributed by atoms with Crippen molar-refractivity contribution < 1.29 is 218 Å². The van der Waals surface area contributed by atoms with Crippen molar-refractivity contribution in [2.75, 3.05) is 0 Å². The number of rotatable bonds is 11. The SMILES string of the molecule is O=S(=O)([O-])c1cccc(N=c2nc(Cl)[nH]c(=Nc3ccc(N=c4nc(Cl)[nH]c(=Nc5cc(S(=O)(=O)[O-])cc6cc(S(=O)(=O)O)c(N=Nc7ccccc7S(=O)(=O)[O-])c([O-])c56)[nH]4)c(S(=O)(=O)[O-])c3)[nH]2)c1.[Na+].[Na+].[Na+].[Na+].[Na+]. The summed E-state index contributed by atoms with van der Waals surface area (Å²) in [6.45, 7) is 0. The third kappa shape index (κ3) is 17.3. The zero-order valence-corrected chi connectivity index (χ0v) is 53.6. The van der Waals surface area contributed by atoms with Crippen molar-refractivity contribution in [3.8, 4) is 5.75 Å². The fourth-order valence-corrected chi connectivity index (χ4v) is 9.12. The van der Waals surface area contributed by atoms with Crippen LogP contribution in [0.1, 0.15) is 0 Å². The average Bonchev–Trinajstić information content (AvgIpc) is 3.21. The predicted molar refractivity (Wildman–Crippen MR) is 225 cm³/mol. The molecule has 0 spiro atoms. The van der Waals surface area contributed by atoms with Crippen molar-refractivity contribution in [1.82, 2.24) is 29.9 Å². The number of benzene rings is 5. The number of fused-ring (bicyclic) bond motifs is 1. The van der Waals surface area contributed by atoms with Crippen molar-refractivity contribution in [3.63, 3.8) is 0 Å². The third-order valence-electron chi connectivity index (χ3n) is 8.61. The van der Waals surface area contributed by atoms with Crippen LogP contribution in [0, 0.1) is 0 Å². The van der Waals surface area contributed by atoms with E-state index in [1.54, 1.807) is 0 Å². The van der Waals surface area contributed by atoms with Gasteiger partial charge in [0.05, 0.1) is 48.0 Å². The molecule has 2 heterocycles. The maximum absolute atomic E-state index is 14.1. The van der Waals surface area contributed by atoms with Gasteiger partial charge in [0.1, 0.15) is 51.1 Å². The van der Waals surface area contributed by atoms with Crippen molar-refractivity contribution in [3.05, 3.63) is 118 Å². The van der Waals surface area contributed by atoms with Crippen LogP contribution in [0.4, 0.5) is 34.1 Å². The van der Waals surface area contributed by atoms with Gasteiger partial charge in [0.15, 0.2) is 0 Å². The quantitative estimate of drug-likeness (QED) is 0.0456. The second-order valence-electron chi connectivity index (χ2n) is 13.3. The number of H-pyrrole nitrogens is 4. The molecule has 74 heavy (non-hydrogen) atoms. The van der Waals surface area contributed by atoms with Gasteiger partial charge in [0, 0.05) is 5.39 Å². The third-order valence-corrected chi connectivity index (χ3v) is 13.2. The number of nitrogens with zero attached hydrogens (tertiary/aromatic N) is 8. The first kappa shape index (κ1) is 68.2. The molecule has 0 bridgehead atoms. The summed E-state index contributed by atoms with van der Waals surface area (Å²) >= 11 is 12.2. The molecule has 40 heteroatoms. The van der Waals surface area contributed by atoms with Crippen LogP contribution in [0.3, 0.4) is 0 Å². The molecule has 0 aliphatic carbocycles. The second kappa shape index (κ2) is 26.8. The average molecular weight is 1200 g/mol. The van der Waals surface area contributed by atoms with E-state index in [1.165, 1.54) is 18.2 Å². The predicted octanol–water partition coefficient (Wildman–Crippen LogP) is -13.4. The summed E-state index contributed by atoms with van der Waals surface area (Å²) in [6, 6.07) is 13.2. The van der Waals surface area contributed by atoms with Crippen LogP contribution in [0.15, 0.2) is 140 Å². The van der Waals surface area contributed by atoms with Gasteiger partial charge in [-0.15, -0.1) is 10.2 Å². The van der Waals surface area contributed by atoms with E-state index in [9.17, 15) is 70.0 Å². The van der Waals surface area contributed by atoms with Crippen LogP contribution in [-0.2, 0) is 50.6 Å². The van der Waals surface area contributed by atoms with Crippen LogP contribution in [-0.4, -0.2) is 94.8 Å². The first-order valence-electron chi connectivity index (χ1n) is 17.8.